The van der Waals surface area contributed by atoms with Crippen LogP contribution < -0.4 is 4.72 Å². The standard InChI is InChI=1S/C24H32N2O5S2/c1-6-31-24(27)23(26-33(29,30)21-14-12-19(4)13-15-21)22(18(2)3)16-17-32(28,25-5)20-10-8-7-9-11-20/h7-18,22-23,26H,6H2,1-5H3/b17-16+/t22-,23-,32?/m0/s1. The van der Waals surface area contributed by atoms with Crippen LogP contribution in [0.5, 0.6) is 0 Å². The molecule has 1 N–H and O–H groups in total. The van der Waals surface area contributed by atoms with E-state index in [-0.39, 0.29) is 17.4 Å². The Hall–Kier alpha value is -2.49. The van der Waals surface area contributed by atoms with E-state index in [9.17, 15) is 17.4 Å². The van der Waals surface area contributed by atoms with Crippen LogP contribution in [0.4, 0.5) is 0 Å². The van der Waals surface area contributed by atoms with Crippen LogP contribution in [0.2, 0.25) is 0 Å². The lowest BCUT2D eigenvalue weighted by Crippen LogP contribution is -2.47. The zero-order chi connectivity index (χ0) is 24.6. The quantitative estimate of drug-likeness (QED) is 0.502. The molecule has 0 heterocycles. The topological polar surface area (TPSA) is 102 Å². The Kier molecular flexibility index (Phi) is 9.39. The highest BCUT2D eigenvalue weighted by Crippen LogP contribution is 2.24. The smallest absolute Gasteiger partial charge is 0.324 e. The summed E-state index contributed by atoms with van der Waals surface area (Å²) in [5.74, 6) is -1.50. The van der Waals surface area contributed by atoms with Gasteiger partial charge in [0.25, 0.3) is 0 Å². The summed E-state index contributed by atoms with van der Waals surface area (Å²) >= 11 is 0. The van der Waals surface area contributed by atoms with Crippen LogP contribution in [0.1, 0.15) is 26.3 Å². The fraction of sp³-hybridized carbons (Fsp3) is 0.375. The van der Waals surface area contributed by atoms with Crippen molar-refractivity contribution in [1.29, 1.82) is 0 Å². The molecule has 0 aliphatic carbocycles. The summed E-state index contributed by atoms with van der Waals surface area (Å²) in [6.07, 6.45) is 1.60. The second-order valence-corrected chi connectivity index (χ2v) is 11.8. The van der Waals surface area contributed by atoms with Gasteiger partial charge in [-0.15, -0.1) is 0 Å². The molecule has 7 nitrogen and oxygen atoms in total. The molecule has 0 aromatic heterocycles. The van der Waals surface area contributed by atoms with E-state index >= 15 is 0 Å². The van der Waals surface area contributed by atoms with Crippen molar-refractivity contribution in [2.24, 2.45) is 16.2 Å². The highest BCUT2D eigenvalue weighted by Gasteiger charge is 2.34. The number of hydrogen-bond donors (Lipinski definition) is 1. The lowest BCUT2D eigenvalue weighted by atomic mass is 9.89. The Balaban J connectivity index is 2.48. The van der Waals surface area contributed by atoms with Gasteiger partial charge in [0.05, 0.1) is 26.1 Å². The molecule has 2 aromatic carbocycles. The minimum absolute atomic E-state index is 0.0468. The zero-order valence-electron chi connectivity index (χ0n) is 19.6. The first-order valence-corrected chi connectivity index (χ1v) is 13.7. The van der Waals surface area contributed by atoms with Gasteiger partial charge in [-0.2, -0.15) is 4.72 Å². The Bertz CT molecular complexity index is 1180. The first kappa shape index (κ1) is 26.8. The summed E-state index contributed by atoms with van der Waals surface area (Å²) in [7, 11) is -5.44. The van der Waals surface area contributed by atoms with Crippen molar-refractivity contribution in [3.8, 4) is 0 Å². The SMILES string of the molecule is CCOC(=O)[C@@H](NS(=O)(=O)c1ccc(C)cc1)[C@@H](/C=C/S(=O)(=NC)c1ccccc1)C(C)C. The maximum Gasteiger partial charge on any atom is 0.324 e. The van der Waals surface area contributed by atoms with Gasteiger partial charge in [-0.3, -0.25) is 4.79 Å². The molecule has 9 heteroatoms. The van der Waals surface area contributed by atoms with Crippen LogP contribution in [0.25, 0.3) is 0 Å². The number of benzene rings is 2. The molecule has 1 unspecified atom stereocenters. The predicted molar refractivity (Wildman–Crippen MR) is 131 cm³/mol. The zero-order valence-corrected chi connectivity index (χ0v) is 21.2. The Labute approximate surface area is 197 Å². The molecule has 33 heavy (non-hydrogen) atoms. The van der Waals surface area contributed by atoms with E-state index in [4.69, 9.17) is 4.74 Å². The van der Waals surface area contributed by atoms with E-state index in [0.29, 0.717) is 4.90 Å². The van der Waals surface area contributed by atoms with Gasteiger partial charge >= 0.3 is 5.97 Å². The summed E-state index contributed by atoms with van der Waals surface area (Å²) in [5.41, 5.74) is 0.915. The fourth-order valence-electron chi connectivity index (χ4n) is 3.24. The average molecular weight is 493 g/mol. The van der Waals surface area contributed by atoms with Crippen molar-refractivity contribution in [3.05, 3.63) is 71.6 Å². The molecule has 0 fully saturated rings. The maximum atomic E-state index is 13.4. The lowest BCUT2D eigenvalue weighted by molar-refractivity contribution is -0.146. The van der Waals surface area contributed by atoms with Crippen molar-refractivity contribution in [2.75, 3.05) is 13.7 Å². The molecule has 0 amide bonds. The minimum atomic E-state index is -4.01. The van der Waals surface area contributed by atoms with E-state index in [1.165, 1.54) is 24.6 Å². The van der Waals surface area contributed by atoms with Crippen molar-refractivity contribution >= 4 is 25.7 Å². The Morgan fingerprint density at radius 1 is 1.03 bits per heavy atom. The molecule has 3 atom stereocenters. The van der Waals surface area contributed by atoms with Gasteiger partial charge < -0.3 is 4.74 Å². The molecule has 0 radical (unpaired) electrons. The third-order valence-electron chi connectivity index (χ3n) is 5.15. The van der Waals surface area contributed by atoms with Crippen molar-refractivity contribution in [2.45, 2.75) is 43.5 Å². The van der Waals surface area contributed by atoms with Gasteiger partial charge in [0.2, 0.25) is 10.0 Å². The molecule has 0 saturated carbocycles. The van der Waals surface area contributed by atoms with Crippen LogP contribution in [-0.2, 0) is 29.3 Å². The number of rotatable bonds is 10. The third-order valence-corrected chi connectivity index (χ3v) is 8.62. The van der Waals surface area contributed by atoms with Crippen LogP contribution >= 0.6 is 0 Å². The Morgan fingerprint density at radius 3 is 2.15 bits per heavy atom. The lowest BCUT2D eigenvalue weighted by Gasteiger charge is -2.27. The summed E-state index contributed by atoms with van der Waals surface area (Å²) < 4.78 is 51.3. The molecule has 2 aromatic rings. The van der Waals surface area contributed by atoms with Crippen LogP contribution in [0.3, 0.4) is 0 Å². The largest absolute Gasteiger partial charge is 0.465 e. The number of aryl methyl sites for hydroxylation is 1. The molecule has 0 aliphatic heterocycles. The number of sulfonamides is 1. The molecule has 0 saturated heterocycles. The van der Waals surface area contributed by atoms with Gasteiger partial charge in [0.1, 0.15) is 6.04 Å². The van der Waals surface area contributed by atoms with Crippen molar-refractivity contribution in [1.82, 2.24) is 4.72 Å². The summed E-state index contributed by atoms with van der Waals surface area (Å²) in [6, 6.07) is 13.9. The van der Waals surface area contributed by atoms with E-state index in [2.05, 4.69) is 9.08 Å². The number of nitrogens with one attached hydrogen (secondary N) is 1. The van der Waals surface area contributed by atoms with Gasteiger partial charge in [0, 0.05) is 18.4 Å². The van der Waals surface area contributed by atoms with E-state index in [1.807, 2.05) is 26.8 Å². The van der Waals surface area contributed by atoms with E-state index < -0.39 is 37.7 Å². The molecule has 2 rings (SSSR count). The number of hydrogen-bond acceptors (Lipinski definition) is 6. The molecular formula is C24H32N2O5S2. The normalized spacial score (nSPS) is 15.7. The van der Waals surface area contributed by atoms with Crippen LogP contribution in [0.15, 0.2) is 80.2 Å². The van der Waals surface area contributed by atoms with Gasteiger partial charge in [-0.25, -0.2) is 17.0 Å². The molecule has 0 bridgehead atoms. The highest BCUT2D eigenvalue weighted by atomic mass is 32.2. The van der Waals surface area contributed by atoms with Crippen molar-refractivity contribution < 1.29 is 22.2 Å². The molecule has 180 valence electrons. The first-order chi connectivity index (χ1) is 15.5. The minimum Gasteiger partial charge on any atom is -0.465 e. The average Bonchev–Trinajstić information content (AvgIpc) is 2.79. The number of esters is 1. The molecule has 0 aliphatic rings. The second kappa shape index (κ2) is 11.6. The van der Waals surface area contributed by atoms with Crippen LogP contribution in [-0.4, -0.2) is 38.3 Å². The molecular weight excluding hydrogens is 460 g/mol. The fourth-order valence-corrected chi connectivity index (χ4v) is 5.89. The predicted octanol–water partition coefficient (Wildman–Crippen LogP) is 4.15. The first-order valence-electron chi connectivity index (χ1n) is 10.7. The second-order valence-electron chi connectivity index (χ2n) is 7.88. The van der Waals surface area contributed by atoms with Gasteiger partial charge in [0.15, 0.2) is 0 Å². The van der Waals surface area contributed by atoms with Crippen LogP contribution in [0, 0.1) is 18.8 Å². The Morgan fingerprint density at radius 2 is 1.64 bits per heavy atom. The third kappa shape index (κ3) is 6.99. The number of nitrogens with zero attached hydrogens (tertiary/aromatic N) is 1. The van der Waals surface area contributed by atoms with Gasteiger partial charge in [-0.1, -0.05) is 55.8 Å². The monoisotopic (exact) mass is 492 g/mol. The number of carbonyl (C=O) groups excluding carboxylic acids is 1. The van der Waals surface area contributed by atoms with E-state index in [1.54, 1.807) is 49.4 Å². The summed E-state index contributed by atoms with van der Waals surface area (Å²) in [6.45, 7) is 7.32. The summed E-state index contributed by atoms with van der Waals surface area (Å²) in [4.78, 5) is 13.4. The summed E-state index contributed by atoms with van der Waals surface area (Å²) in [5, 5.41) is 1.46. The van der Waals surface area contributed by atoms with Gasteiger partial charge in [-0.05, 0) is 44.0 Å². The maximum absolute atomic E-state index is 13.4. The van der Waals surface area contributed by atoms with E-state index in [0.717, 1.165) is 5.56 Å². The van der Waals surface area contributed by atoms with Crippen molar-refractivity contribution in [3.63, 3.8) is 0 Å². The highest BCUT2D eigenvalue weighted by molar-refractivity contribution is 7.96. The molecule has 0 spiro atoms. The number of ether oxygens (including phenoxy) is 1. The number of carbonyl (C=O) groups is 1.